The number of likely N-dealkylation sites (N-methyl/N-ethyl adjacent to an activating group) is 1. The SMILES string of the molecule is CCN(CCOc1cccc(N)c1)Cc1cccs1. The van der Waals surface area contributed by atoms with Gasteiger partial charge < -0.3 is 10.5 Å². The average molecular weight is 276 g/mol. The summed E-state index contributed by atoms with van der Waals surface area (Å²) >= 11 is 1.80. The number of nitrogens with two attached hydrogens (primary N) is 1. The van der Waals surface area contributed by atoms with E-state index in [0.717, 1.165) is 31.1 Å². The van der Waals surface area contributed by atoms with Crippen molar-refractivity contribution in [3.8, 4) is 5.75 Å². The van der Waals surface area contributed by atoms with Crippen LogP contribution in [0.15, 0.2) is 41.8 Å². The molecule has 2 rings (SSSR count). The van der Waals surface area contributed by atoms with E-state index in [0.29, 0.717) is 6.61 Å². The van der Waals surface area contributed by atoms with Gasteiger partial charge >= 0.3 is 0 Å². The first-order valence-corrected chi connectivity index (χ1v) is 7.39. The summed E-state index contributed by atoms with van der Waals surface area (Å²) in [6, 6.07) is 11.8. The molecule has 102 valence electrons. The van der Waals surface area contributed by atoms with Crippen LogP contribution in [0, 0.1) is 0 Å². The van der Waals surface area contributed by atoms with Gasteiger partial charge in [0.2, 0.25) is 0 Å². The number of ether oxygens (including phenoxy) is 1. The van der Waals surface area contributed by atoms with Crippen LogP contribution in [0.25, 0.3) is 0 Å². The third-order valence-electron chi connectivity index (χ3n) is 2.94. The van der Waals surface area contributed by atoms with E-state index in [1.54, 1.807) is 11.3 Å². The highest BCUT2D eigenvalue weighted by Gasteiger charge is 2.04. The molecule has 0 radical (unpaired) electrons. The minimum absolute atomic E-state index is 0.683. The summed E-state index contributed by atoms with van der Waals surface area (Å²) in [6.45, 7) is 5.80. The fraction of sp³-hybridized carbons (Fsp3) is 0.333. The first-order valence-electron chi connectivity index (χ1n) is 6.51. The van der Waals surface area contributed by atoms with Gasteiger partial charge in [0.25, 0.3) is 0 Å². The van der Waals surface area contributed by atoms with E-state index < -0.39 is 0 Å². The number of hydrogen-bond acceptors (Lipinski definition) is 4. The van der Waals surface area contributed by atoms with Crippen molar-refractivity contribution in [3.63, 3.8) is 0 Å². The van der Waals surface area contributed by atoms with Gasteiger partial charge in [0.05, 0.1) is 0 Å². The van der Waals surface area contributed by atoms with Crippen molar-refractivity contribution in [2.24, 2.45) is 0 Å². The Kier molecular flexibility index (Phi) is 5.24. The molecule has 2 aromatic rings. The van der Waals surface area contributed by atoms with E-state index in [1.807, 2.05) is 24.3 Å². The molecule has 0 saturated heterocycles. The van der Waals surface area contributed by atoms with Gasteiger partial charge in [-0.15, -0.1) is 11.3 Å². The van der Waals surface area contributed by atoms with E-state index in [4.69, 9.17) is 10.5 Å². The van der Waals surface area contributed by atoms with E-state index >= 15 is 0 Å². The van der Waals surface area contributed by atoms with Gasteiger partial charge in [-0.05, 0) is 30.1 Å². The summed E-state index contributed by atoms with van der Waals surface area (Å²) in [5.41, 5.74) is 6.46. The molecule has 0 aliphatic rings. The van der Waals surface area contributed by atoms with Crippen molar-refractivity contribution >= 4 is 17.0 Å². The molecule has 0 aliphatic carbocycles. The molecule has 0 spiro atoms. The Balaban J connectivity index is 1.77. The van der Waals surface area contributed by atoms with Crippen LogP contribution in [-0.2, 0) is 6.54 Å². The summed E-state index contributed by atoms with van der Waals surface area (Å²) < 4.78 is 5.72. The highest BCUT2D eigenvalue weighted by Crippen LogP contribution is 2.15. The number of hydrogen-bond donors (Lipinski definition) is 1. The Labute approximate surface area is 118 Å². The molecule has 0 amide bonds. The molecule has 3 nitrogen and oxygen atoms in total. The molecule has 1 aromatic heterocycles. The molecule has 19 heavy (non-hydrogen) atoms. The van der Waals surface area contributed by atoms with Crippen LogP contribution in [0.3, 0.4) is 0 Å². The Bertz CT molecular complexity index is 485. The molecule has 1 aromatic carbocycles. The fourth-order valence-corrected chi connectivity index (χ4v) is 2.62. The number of rotatable bonds is 7. The molecule has 0 bridgehead atoms. The van der Waals surface area contributed by atoms with Crippen molar-refractivity contribution in [3.05, 3.63) is 46.7 Å². The molecule has 4 heteroatoms. The zero-order valence-corrected chi connectivity index (χ0v) is 12.0. The first kappa shape index (κ1) is 13.9. The molecular formula is C15H20N2OS. The van der Waals surface area contributed by atoms with Gasteiger partial charge in [-0.25, -0.2) is 0 Å². The van der Waals surface area contributed by atoms with Crippen LogP contribution in [0.5, 0.6) is 5.75 Å². The van der Waals surface area contributed by atoms with E-state index in [2.05, 4.69) is 29.3 Å². The summed E-state index contributed by atoms with van der Waals surface area (Å²) in [4.78, 5) is 3.77. The van der Waals surface area contributed by atoms with Gasteiger partial charge in [-0.3, -0.25) is 4.90 Å². The lowest BCUT2D eigenvalue weighted by Gasteiger charge is -2.19. The number of nitrogens with zero attached hydrogens (tertiary/aromatic N) is 1. The standard InChI is InChI=1S/C15H20N2OS/c1-2-17(12-15-7-4-10-19-15)8-9-18-14-6-3-5-13(16)11-14/h3-7,10-11H,2,8-9,12,16H2,1H3. The molecule has 0 unspecified atom stereocenters. The maximum atomic E-state index is 5.72. The molecular weight excluding hydrogens is 256 g/mol. The van der Waals surface area contributed by atoms with E-state index in [9.17, 15) is 0 Å². The van der Waals surface area contributed by atoms with Crippen LogP contribution in [-0.4, -0.2) is 24.6 Å². The maximum Gasteiger partial charge on any atom is 0.121 e. The number of anilines is 1. The number of nitrogen functional groups attached to an aromatic ring is 1. The summed E-state index contributed by atoms with van der Waals surface area (Å²) in [5.74, 6) is 0.840. The van der Waals surface area contributed by atoms with Crippen molar-refractivity contribution in [1.82, 2.24) is 4.90 Å². The predicted molar refractivity (Wildman–Crippen MR) is 81.6 cm³/mol. The number of thiophene rings is 1. The van der Waals surface area contributed by atoms with Crippen molar-refractivity contribution < 1.29 is 4.74 Å². The second kappa shape index (κ2) is 7.16. The second-order valence-electron chi connectivity index (χ2n) is 4.37. The van der Waals surface area contributed by atoms with Crippen LogP contribution in [0.2, 0.25) is 0 Å². The Hall–Kier alpha value is -1.52. The molecule has 0 aliphatic heterocycles. The first-order chi connectivity index (χ1) is 9.28. The Morgan fingerprint density at radius 3 is 2.84 bits per heavy atom. The highest BCUT2D eigenvalue weighted by atomic mass is 32.1. The van der Waals surface area contributed by atoms with Gasteiger partial charge in [0.15, 0.2) is 0 Å². The lowest BCUT2D eigenvalue weighted by Crippen LogP contribution is -2.27. The summed E-state index contributed by atoms with van der Waals surface area (Å²) in [6.07, 6.45) is 0. The second-order valence-corrected chi connectivity index (χ2v) is 5.40. The Morgan fingerprint density at radius 1 is 1.26 bits per heavy atom. The summed E-state index contributed by atoms with van der Waals surface area (Å²) in [7, 11) is 0. The largest absolute Gasteiger partial charge is 0.492 e. The third-order valence-corrected chi connectivity index (χ3v) is 3.80. The molecule has 2 N–H and O–H groups in total. The minimum atomic E-state index is 0.683. The molecule has 0 fully saturated rings. The van der Waals surface area contributed by atoms with Crippen LogP contribution < -0.4 is 10.5 Å². The smallest absolute Gasteiger partial charge is 0.121 e. The van der Waals surface area contributed by atoms with Gasteiger partial charge in [-0.2, -0.15) is 0 Å². The Morgan fingerprint density at radius 2 is 2.16 bits per heavy atom. The lowest BCUT2D eigenvalue weighted by atomic mass is 10.3. The third kappa shape index (κ3) is 4.58. The molecule has 1 heterocycles. The van der Waals surface area contributed by atoms with Crippen LogP contribution in [0.4, 0.5) is 5.69 Å². The van der Waals surface area contributed by atoms with Crippen molar-refractivity contribution in [2.45, 2.75) is 13.5 Å². The molecule has 0 atom stereocenters. The maximum absolute atomic E-state index is 5.72. The average Bonchev–Trinajstić information content (AvgIpc) is 2.90. The van der Waals surface area contributed by atoms with Gasteiger partial charge in [0, 0.05) is 29.7 Å². The lowest BCUT2D eigenvalue weighted by molar-refractivity contribution is 0.211. The van der Waals surface area contributed by atoms with E-state index in [1.165, 1.54) is 4.88 Å². The van der Waals surface area contributed by atoms with Crippen LogP contribution >= 0.6 is 11.3 Å². The van der Waals surface area contributed by atoms with Crippen LogP contribution in [0.1, 0.15) is 11.8 Å². The zero-order valence-electron chi connectivity index (χ0n) is 11.2. The quantitative estimate of drug-likeness (QED) is 0.789. The zero-order chi connectivity index (χ0) is 13.5. The van der Waals surface area contributed by atoms with Crippen molar-refractivity contribution in [1.29, 1.82) is 0 Å². The van der Waals surface area contributed by atoms with Gasteiger partial charge in [-0.1, -0.05) is 19.1 Å². The highest BCUT2D eigenvalue weighted by molar-refractivity contribution is 7.09. The number of benzene rings is 1. The van der Waals surface area contributed by atoms with Crippen molar-refractivity contribution in [2.75, 3.05) is 25.4 Å². The fourth-order valence-electron chi connectivity index (χ4n) is 1.87. The summed E-state index contributed by atoms with van der Waals surface area (Å²) in [5, 5.41) is 2.12. The monoisotopic (exact) mass is 276 g/mol. The minimum Gasteiger partial charge on any atom is -0.492 e. The van der Waals surface area contributed by atoms with E-state index in [-0.39, 0.29) is 0 Å². The molecule has 0 saturated carbocycles. The topological polar surface area (TPSA) is 38.5 Å². The normalized spacial score (nSPS) is 10.8. The van der Waals surface area contributed by atoms with Gasteiger partial charge in [0.1, 0.15) is 12.4 Å². The predicted octanol–water partition coefficient (Wildman–Crippen LogP) is 3.23.